The van der Waals surface area contributed by atoms with E-state index < -0.39 is 0 Å². The summed E-state index contributed by atoms with van der Waals surface area (Å²) >= 11 is 9.92. The predicted octanol–water partition coefficient (Wildman–Crippen LogP) is -0.508. The van der Waals surface area contributed by atoms with Crippen LogP contribution in [0.5, 0.6) is 0 Å². The molecule has 0 atom stereocenters. The van der Waals surface area contributed by atoms with Crippen molar-refractivity contribution in [2.75, 3.05) is 18.0 Å². The molecule has 0 fully saturated rings. The van der Waals surface area contributed by atoms with Gasteiger partial charge in [0.1, 0.15) is 0 Å². The average molecular weight is 248 g/mol. The SMILES string of the molecule is C=CCN(CC=C)c1nc(=S)[nH]c(=S)[nH]1.[H-].[Li+]. The van der Waals surface area contributed by atoms with Gasteiger partial charge in [-0.1, -0.05) is 12.2 Å². The molecule has 0 unspecified atom stereocenters. The monoisotopic (exact) mass is 248 g/mol. The van der Waals surface area contributed by atoms with E-state index in [9.17, 15) is 0 Å². The molecule has 0 aliphatic rings. The smallest absolute Gasteiger partial charge is 1.00 e. The summed E-state index contributed by atoms with van der Waals surface area (Å²) in [6.45, 7) is 8.66. The first-order valence-corrected chi connectivity index (χ1v) is 5.16. The first-order valence-electron chi connectivity index (χ1n) is 4.34. The fraction of sp³-hybridized carbons (Fsp3) is 0.222. The molecular formula is C9H13LiN4S2. The molecule has 1 aromatic heterocycles. The quantitative estimate of drug-likeness (QED) is 0.419. The van der Waals surface area contributed by atoms with E-state index in [1.165, 1.54) is 0 Å². The summed E-state index contributed by atoms with van der Waals surface area (Å²) in [5, 5.41) is 0. The van der Waals surface area contributed by atoms with E-state index in [1.54, 1.807) is 12.2 Å². The van der Waals surface area contributed by atoms with Gasteiger partial charge in [0.05, 0.1) is 0 Å². The number of H-pyrrole nitrogens is 2. The molecule has 0 aliphatic heterocycles. The summed E-state index contributed by atoms with van der Waals surface area (Å²) in [6.07, 6.45) is 3.56. The summed E-state index contributed by atoms with van der Waals surface area (Å²) < 4.78 is 0.829. The molecule has 0 amide bonds. The van der Waals surface area contributed by atoms with E-state index in [1.807, 2.05) is 4.90 Å². The maximum Gasteiger partial charge on any atom is 1.00 e. The molecule has 16 heavy (non-hydrogen) atoms. The number of hydrogen-bond acceptors (Lipinski definition) is 4. The van der Waals surface area contributed by atoms with E-state index in [0.717, 1.165) is 0 Å². The maximum absolute atomic E-state index is 4.98. The third-order valence-corrected chi connectivity index (χ3v) is 2.05. The van der Waals surface area contributed by atoms with Crippen LogP contribution < -0.4 is 23.8 Å². The Morgan fingerprint density at radius 3 is 2.25 bits per heavy atom. The minimum atomic E-state index is 0. The molecule has 0 aliphatic carbocycles. The summed E-state index contributed by atoms with van der Waals surface area (Å²) in [6, 6.07) is 0. The van der Waals surface area contributed by atoms with Crippen molar-refractivity contribution in [3.8, 4) is 0 Å². The minimum Gasteiger partial charge on any atom is -1.00 e. The zero-order valence-corrected chi connectivity index (χ0v) is 10.8. The first-order chi connectivity index (χ1) is 7.17. The molecular weight excluding hydrogens is 235 g/mol. The van der Waals surface area contributed by atoms with Crippen molar-refractivity contribution in [3.05, 3.63) is 34.9 Å². The van der Waals surface area contributed by atoms with Gasteiger partial charge < -0.3 is 16.3 Å². The van der Waals surface area contributed by atoms with Crippen LogP contribution in [0.25, 0.3) is 0 Å². The second-order valence-corrected chi connectivity index (χ2v) is 3.60. The van der Waals surface area contributed by atoms with Crippen LogP contribution in [0.3, 0.4) is 0 Å². The van der Waals surface area contributed by atoms with Crippen LogP contribution in [-0.4, -0.2) is 28.0 Å². The van der Waals surface area contributed by atoms with Gasteiger partial charge >= 0.3 is 18.9 Å². The van der Waals surface area contributed by atoms with E-state index in [0.29, 0.717) is 28.6 Å². The molecule has 82 valence electrons. The molecule has 2 N–H and O–H groups in total. The fourth-order valence-electron chi connectivity index (χ4n) is 1.09. The standard InChI is InChI=1S/C9H12N4S2.Li.H/c1-3-5-13(6-4-2)7-10-8(14)12-9(15)11-7;;/h3-4H,1-2,5-6H2,(H2,10,11,12,14,15);;/q;+1;-1. The molecule has 7 heteroatoms. The zero-order valence-electron chi connectivity index (χ0n) is 10.2. The van der Waals surface area contributed by atoms with Crippen molar-refractivity contribution >= 4 is 30.4 Å². The summed E-state index contributed by atoms with van der Waals surface area (Å²) in [5.41, 5.74) is 0. The third-order valence-electron chi connectivity index (χ3n) is 1.65. The van der Waals surface area contributed by atoms with E-state index >= 15 is 0 Å². The van der Waals surface area contributed by atoms with Crippen LogP contribution in [-0.2, 0) is 0 Å². The van der Waals surface area contributed by atoms with Gasteiger partial charge in [-0.3, -0.25) is 0 Å². The molecule has 0 bridgehead atoms. The van der Waals surface area contributed by atoms with Crippen molar-refractivity contribution in [2.45, 2.75) is 0 Å². The van der Waals surface area contributed by atoms with Crippen LogP contribution in [0.4, 0.5) is 5.95 Å². The number of hydrogen-bond donors (Lipinski definition) is 2. The van der Waals surface area contributed by atoms with E-state index in [2.05, 4.69) is 28.1 Å². The number of nitrogens with zero attached hydrogens (tertiary/aromatic N) is 2. The van der Waals surface area contributed by atoms with Gasteiger partial charge in [-0.05, 0) is 24.4 Å². The van der Waals surface area contributed by atoms with E-state index in [4.69, 9.17) is 24.4 Å². The normalized spacial score (nSPS) is 9.00. The Hall–Kier alpha value is -0.673. The number of nitrogens with one attached hydrogen (secondary N) is 2. The van der Waals surface area contributed by atoms with Gasteiger partial charge in [-0.2, -0.15) is 4.98 Å². The first kappa shape index (κ1) is 15.3. The summed E-state index contributed by atoms with van der Waals surface area (Å²) in [4.78, 5) is 11.7. The molecule has 1 heterocycles. The largest absolute Gasteiger partial charge is 1.00 e. The van der Waals surface area contributed by atoms with E-state index in [-0.39, 0.29) is 20.3 Å². The molecule has 0 spiro atoms. The van der Waals surface area contributed by atoms with Crippen LogP contribution in [0.2, 0.25) is 0 Å². The number of aromatic nitrogens is 3. The topological polar surface area (TPSA) is 47.7 Å². The Balaban J connectivity index is 0. The maximum atomic E-state index is 4.98. The van der Waals surface area contributed by atoms with Gasteiger partial charge in [0.2, 0.25) is 10.7 Å². The van der Waals surface area contributed by atoms with Gasteiger partial charge in [-0.15, -0.1) is 13.2 Å². The van der Waals surface area contributed by atoms with Crippen LogP contribution in [0, 0.1) is 9.54 Å². The van der Waals surface area contributed by atoms with Gasteiger partial charge in [0.25, 0.3) is 0 Å². The molecule has 1 rings (SSSR count). The molecule has 0 aromatic carbocycles. The Bertz CT molecular complexity index is 432. The summed E-state index contributed by atoms with van der Waals surface area (Å²) in [5.74, 6) is 0.628. The Morgan fingerprint density at radius 1 is 1.25 bits per heavy atom. The van der Waals surface area contributed by atoms with Gasteiger partial charge in [0, 0.05) is 13.1 Å². The van der Waals surface area contributed by atoms with Crippen molar-refractivity contribution in [1.82, 2.24) is 15.0 Å². The Morgan fingerprint density at radius 2 is 1.81 bits per heavy atom. The van der Waals surface area contributed by atoms with Crippen LogP contribution in [0.1, 0.15) is 1.43 Å². The Kier molecular flexibility index (Phi) is 7.26. The van der Waals surface area contributed by atoms with Crippen molar-refractivity contribution in [2.24, 2.45) is 0 Å². The molecule has 0 saturated carbocycles. The average Bonchev–Trinajstić information content (AvgIpc) is 2.16. The van der Waals surface area contributed by atoms with Crippen molar-refractivity contribution in [1.29, 1.82) is 0 Å². The summed E-state index contributed by atoms with van der Waals surface area (Å²) in [7, 11) is 0. The number of aromatic amines is 2. The second kappa shape index (κ2) is 7.58. The number of anilines is 1. The van der Waals surface area contributed by atoms with Crippen molar-refractivity contribution in [3.63, 3.8) is 0 Å². The number of rotatable bonds is 5. The zero-order chi connectivity index (χ0) is 11.3. The minimum absolute atomic E-state index is 0. The second-order valence-electron chi connectivity index (χ2n) is 2.80. The Labute approximate surface area is 118 Å². The molecule has 1 aromatic rings. The molecule has 0 saturated heterocycles. The fourth-order valence-corrected chi connectivity index (χ4v) is 1.53. The molecule has 0 radical (unpaired) electrons. The predicted molar refractivity (Wildman–Crippen MR) is 68.3 cm³/mol. The van der Waals surface area contributed by atoms with Gasteiger partial charge in [0.15, 0.2) is 4.77 Å². The van der Waals surface area contributed by atoms with Crippen molar-refractivity contribution < 1.29 is 20.3 Å². The van der Waals surface area contributed by atoms with Crippen LogP contribution >= 0.6 is 24.4 Å². The van der Waals surface area contributed by atoms with Crippen LogP contribution in [0.15, 0.2) is 25.3 Å². The molecule has 4 nitrogen and oxygen atoms in total. The van der Waals surface area contributed by atoms with Gasteiger partial charge in [-0.25, -0.2) is 0 Å². The third kappa shape index (κ3) is 4.45.